The lowest BCUT2D eigenvalue weighted by molar-refractivity contribution is 0.455. The summed E-state index contributed by atoms with van der Waals surface area (Å²) in [4.78, 5) is -0.0597. The van der Waals surface area contributed by atoms with Crippen molar-refractivity contribution < 1.29 is 16.8 Å². The highest BCUT2D eigenvalue weighted by molar-refractivity contribution is 7.92. The molecule has 1 N–H and O–H groups in total. The molecule has 1 aliphatic rings. The summed E-state index contributed by atoms with van der Waals surface area (Å²) in [5, 5.41) is 9.62. The van der Waals surface area contributed by atoms with Gasteiger partial charge in [0.1, 0.15) is 4.90 Å². The largest absolute Gasteiger partial charge is 0.244 e. The van der Waals surface area contributed by atoms with E-state index in [1.165, 1.54) is 22.5 Å². The van der Waals surface area contributed by atoms with Crippen LogP contribution < -0.4 is 4.72 Å². The maximum atomic E-state index is 12.7. The molecule has 1 fully saturated rings. The third-order valence-corrected chi connectivity index (χ3v) is 7.08. The predicted molar refractivity (Wildman–Crippen MR) is 90.2 cm³/mol. The zero-order chi connectivity index (χ0) is 18.0. The predicted octanol–water partition coefficient (Wildman–Crippen LogP) is 1.29. The molecule has 7 nitrogen and oxygen atoms in total. The molecule has 0 aliphatic carbocycles. The molecule has 1 saturated heterocycles. The number of benzene rings is 1. The molecule has 1 aliphatic heterocycles. The lowest BCUT2D eigenvalue weighted by Crippen LogP contribution is -2.32. The standard InChI is InChI=1S/C14H16ClN3O4S2/c1-2-23(19,20)17-9-12-5-6-18(10-12)24(21,22)14-4-3-11(8-16)7-13(14)15/h2-4,7,12,17H,1,5-6,9-10H2/t12-/m1/s1. The summed E-state index contributed by atoms with van der Waals surface area (Å²) in [6.45, 7) is 3.81. The van der Waals surface area contributed by atoms with Crippen molar-refractivity contribution >= 4 is 31.6 Å². The quantitative estimate of drug-likeness (QED) is 0.788. The van der Waals surface area contributed by atoms with Crippen LogP contribution in [0.3, 0.4) is 0 Å². The number of rotatable bonds is 6. The fourth-order valence-electron chi connectivity index (χ4n) is 2.39. The van der Waals surface area contributed by atoms with E-state index in [9.17, 15) is 16.8 Å². The van der Waals surface area contributed by atoms with Gasteiger partial charge in [-0.3, -0.25) is 0 Å². The van der Waals surface area contributed by atoms with Crippen LogP contribution in [0, 0.1) is 17.2 Å². The number of halogens is 1. The van der Waals surface area contributed by atoms with Crippen molar-refractivity contribution in [2.45, 2.75) is 11.3 Å². The van der Waals surface area contributed by atoms with E-state index in [4.69, 9.17) is 16.9 Å². The molecule has 24 heavy (non-hydrogen) atoms. The minimum atomic E-state index is -3.79. The van der Waals surface area contributed by atoms with Crippen molar-refractivity contribution in [3.05, 3.63) is 40.8 Å². The maximum absolute atomic E-state index is 12.7. The van der Waals surface area contributed by atoms with Crippen LogP contribution >= 0.6 is 11.6 Å². The Balaban J connectivity index is 2.12. The Kier molecular flexibility index (Phi) is 5.67. The van der Waals surface area contributed by atoms with Gasteiger partial charge >= 0.3 is 0 Å². The number of nitrogens with zero attached hydrogens (tertiary/aromatic N) is 2. The van der Waals surface area contributed by atoms with Gasteiger partial charge in [0.05, 0.1) is 16.7 Å². The van der Waals surface area contributed by atoms with Crippen LogP contribution in [-0.4, -0.2) is 40.8 Å². The number of sulfonamides is 2. The third kappa shape index (κ3) is 4.15. The van der Waals surface area contributed by atoms with E-state index in [0.717, 1.165) is 5.41 Å². The van der Waals surface area contributed by atoms with Crippen molar-refractivity contribution in [2.75, 3.05) is 19.6 Å². The smallest absolute Gasteiger partial charge is 0.211 e. The monoisotopic (exact) mass is 389 g/mol. The average molecular weight is 390 g/mol. The Labute approximate surface area is 146 Å². The topological polar surface area (TPSA) is 107 Å². The fraction of sp³-hybridized carbons (Fsp3) is 0.357. The molecule has 0 spiro atoms. The molecule has 10 heteroatoms. The van der Waals surface area contributed by atoms with Crippen LogP contribution in [0.1, 0.15) is 12.0 Å². The zero-order valence-corrected chi connectivity index (χ0v) is 15.0. The van der Waals surface area contributed by atoms with Gasteiger partial charge in [-0.15, -0.1) is 0 Å². The lowest BCUT2D eigenvalue weighted by atomic mass is 10.1. The van der Waals surface area contributed by atoms with Gasteiger partial charge in [0.15, 0.2) is 0 Å². The SMILES string of the molecule is C=CS(=O)(=O)NC[C@H]1CCN(S(=O)(=O)c2ccc(C#N)cc2Cl)C1. The van der Waals surface area contributed by atoms with Crippen molar-refractivity contribution in [3.63, 3.8) is 0 Å². The van der Waals surface area contributed by atoms with Crippen molar-refractivity contribution in [3.8, 4) is 6.07 Å². The normalized spacial score (nSPS) is 19.1. The van der Waals surface area contributed by atoms with Crippen molar-refractivity contribution in [1.82, 2.24) is 9.03 Å². The van der Waals surface area contributed by atoms with Gasteiger partial charge in [0, 0.05) is 25.0 Å². The van der Waals surface area contributed by atoms with E-state index in [2.05, 4.69) is 11.3 Å². The summed E-state index contributed by atoms with van der Waals surface area (Å²) in [7, 11) is -7.32. The second-order valence-electron chi connectivity index (χ2n) is 5.33. The van der Waals surface area contributed by atoms with Gasteiger partial charge in [0.2, 0.25) is 20.0 Å². The summed E-state index contributed by atoms with van der Waals surface area (Å²) in [6.07, 6.45) is 0.535. The zero-order valence-electron chi connectivity index (χ0n) is 12.6. The molecule has 0 aromatic heterocycles. The van der Waals surface area contributed by atoms with Crippen molar-refractivity contribution in [2.24, 2.45) is 5.92 Å². The summed E-state index contributed by atoms with van der Waals surface area (Å²) in [5.74, 6) is -0.133. The molecule has 0 amide bonds. The molecule has 2 rings (SSSR count). The number of hydrogen-bond acceptors (Lipinski definition) is 5. The Bertz CT molecular complexity index is 891. The van der Waals surface area contributed by atoms with E-state index in [1.54, 1.807) is 0 Å². The summed E-state index contributed by atoms with van der Waals surface area (Å²) >= 11 is 5.99. The lowest BCUT2D eigenvalue weighted by Gasteiger charge is -2.17. The molecule has 1 aromatic carbocycles. The van der Waals surface area contributed by atoms with Crippen LogP contribution in [0.15, 0.2) is 35.1 Å². The summed E-state index contributed by atoms with van der Waals surface area (Å²) < 4.78 is 51.7. The minimum Gasteiger partial charge on any atom is -0.211 e. The first kappa shape index (κ1) is 18.9. The van der Waals surface area contributed by atoms with Crippen LogP contribution in [-0.2, 0) is 20.0 Å². The fourth-order valence-corrected chi connectivity index (χ4v) is 5.03. The number of nitriles is 1. The highest BCUT2D eigenvalue weighted by Gasteiger charge is 2.34. The van der Waals surface area contributed by atoms with Gasteiger partial charge in [-0.2, -0.15) is 9.57 Å². The van der Waals surface area contributed by atoms with E-state index in [0.29, 0.717) is 6.42 Å². The minimum absolute atomic E-state index is 0.00939. The molecule has 0 saturated carbocycles. The number of nitrogens with one attached hydrogen (secondary N) is 1. The van der Waals surface area contributed by atoms with Gasteiger partial charge in [-0.1, -0.05) is 18.2 Å². The van der Waals surface area contributed by atoms with Gasteiger partial charge in [-0.05, 0) is 30.5 Å². The maximum Gasteiger partial charge on any atom is 0.244 e. The van der Waals surface area contributed by atoms with Crippen molar-refractivity contribution in [1.29, 1.82) is 5.26 Å². The van der Waals surface area contributed by atoms with E-state index in [-0.39, 0.29) is 41.0 Å². The molecule has 1 atom stereocenters. The highest BCUT2D eigenvalue weighted by atomic mass is 35.5. The van der Waals surface area contributed by atoms with Gasteiger partial charge in [0.25, 0.3) is 0 Å². The highest BCUT2D eigenvalue weighted by Crippen LogP contribution is 2.29. The molecule has 0 bridgehead atoms. The molecular formula is C14H16ClN3O4S2. The molecule has 1 heterocycles. The van der Waals surface area contributed by atoms with E-state index < -0.39 is 20.0 Å². The third-order valence-electron chi connectivity index (χ3n) is 3.72. The Morgan fingerprint density at radius 1 is 1.42 bits per heavy atom. The van der Waals surface area contributed by atoms with Crippen LogP contribution in [0.4, 0.5) is 0 Å². The van der Waals surface area contributed by atoms with Crippen LogP contribution in [0.2, 0.25) is 5.02 Å². The summed E-state index contributed by atoms with van der Waals surface area (Å²) in [5.41, 5.74) is 0.275. The van der Waals surface area contributed by atoms with Gasteiger partial charge in [-0.25, -0.2) is 21.6 Å². The van der Waals surface area contributed by atoms with E-state index >= 15 is 0 Å². The average Bonchev–Trinajstić information content (AvgIpc) is 3.02. The molecule has 0 radical (unpaired) electrons. The van der Waals surface area contributed by atoms with Gasteiger partial charge < -0.3 is 0 Å². The Morgan fingerprint density at radius 3 is 2.71 bits per heavy atom. The first-order chi connectivity index (χ1) is 11.2. The van der Waals surface area contributed by atoms with Crippen LogP contribution in [0.25, 0.3) is 0 Å². The molecule has 130 valence electrons. The number of hydrogen-bond donors (Lipinski definition) is 1. The molecular weight excluding hydrogens is 374 g/mol. The first-order valence-electron chi connectivity index (χ1n) is 7.01. The second-order valence-corrected chi connectivity index (χ2v) is 9.36. The first-order valence-corrected chi connectivity index (χ1v) is 10.4. The molecule has 0 unspecified atom stereocenters. The van der Waals surface area contributed by atoms with E-state index in [1.807, 2.05) is 6.07 Å². The summed E-state index contributed by atoms with van der Waals surface area (Å²) in [6, 6.07) is 5.90. The second kappa shape index (κ2) is 7.21. The Morgan fingerprint density at radius 2 is 2.12 bits per heavy atom. The molecule has 1 aromatic rings. The Hall–Kier alpha value is -1.44. The van der Waals surface area contributed by atoms with Crippen LogP contribution in [0.5, 0.6) is 0 Å².